The van der Waals surface area contributed by atoms with Gasteiger partial charge in [-0.25, -0.2) is 0 Å². The van der Waals surface area contributed by atoms with E-state index in [4.69, 9.17) is 34.5 Å². The lowest BCUT2D eigenvalue weighted by Crippen LogP contribution is -2.20. The number of benzene rings is 3. The van der Waals surface area contributed by atoms with Gasteiger partial charge in [-0.1, -0.05) is 54.1 Å². The molecule has 1 aromatic heterocycles. The number of hydrogen-bond donors (Lipinski definition) is 4. The summed E-state index contributed by atoms with van der Waals surface area (Å²) < 4.78 is 126. The molecule has 0 radical (unpaired) electrons. The summed E-state index contributed by atoms with van der Waals surface area (Å²) in [6, 6.07) is 22.0. The van der Waals surface area contributed by atoms with Crippen molar-refractivity contribution in [2.24, 2.45) is 0 Å². The SMILES string of the molecule is CN(C)CCOC(c1ccc(Cl)cc1)c1ccccn1.O=S(=O)(O)c1ccccc1S(=O)(=O)O.O=S(=O)(O)c1ccccc1S(=O)(=O)O. The van der Waals surface area contributed by atoms with Gasteiger partial charge >= 0.3 is 0 Å². The second kappa shape index (κ2) is 17.4. The number of hydrogen-bond acceptors (Lipinski definition) is 11. The Hall–Kier alpha value is -3.34. The van der Waals surface area contributed by atoms with Crippen molar-refractivity contribution in [3.05, 3.63) is 113 Å². The number of nitrogens with zero attached hydrogens (tertiary/aromatic N) is 2. The lowest BCUT2D eigenvalue weighted by molar-refractivity contribution is 0.0662. The van der Waals surface area contributed by atoms with E-state index in [1.807, 2.05) is 56.6 Å². The zero-order chi connectivity index (χ0) is 36.3. The highest BCUT2D eigenvalue weighted by molar-refractivity contribution is 7.89. The molecule has 1 unspecified atom stereocenters. The van der Waals surface area contributed by atoms with Crippen molar-refractivity contribution in [1.29, 1.82) is 0 Å². The molecule has 0 fully saturated rings. The van der Waals surface area contributed by atoms with E-state index in [9.17, 15) is 33.7 Å². The molecule has 4 aromatic rings. The van der Waals surface area contributed by atoms with Crippen LogP contribution in [-0.2, 0) is 45.2 Å². The van der Waals surface area contributed by atoms with Crippen LogP contribution in [0.15, 0.2) is 117 Å². The van der Waals surface area contributed by atoms with Crippen LogP contribution in [0.4, 0.5) is 0 Å². The van der Waals surface area contributed by atoms with Gasteiger partial charge in [0.1, 0.15) is 25.7 Å². The van der Waals surface area contributed by atoms with Crippen LogP contribution in [0, 0.1) is 0 Å². The van der Waals surface area contributed by atoms with Crippen LogP contribution in [0.3, 0.4) is 0 Å². The van der Waals surface area contributed by atoms with Crippen LogP contribution < -0.4 is 0 Å². The minimum Gasteiger partial charge on any atom is -0.366 e. The first-order chi connectivity index (χ1) is 22.1. The van der Waals surface area contributed by atoms with Gasteiger partial charge in [-0.2, -0.15) is 33.7 Å². The molecule has 0 aliphatic carbocycles. The van der Waals surface area contributed by atoms with Crippen molar-refractivity contribution in [1.82, 2.24) is 9.88 Å². The van der Waals surface area contributed by atoms with Crippen LogP contribution in [-0.4, -0.2) is 89.0 Å². The maximum atomic E-state index is 10.7. The molecule has 4 rings (SSSR count). The molecular weight excluding hydrogens is 736 g/mol. The summed E-state index contributed by atoms with van der Waals surface area (Å²) in [7, 11) is -14.6. The first-order valence-corrected chi connectivity index (χ1v) is 19.3. The lowest BCUT2D eigenvalue weighted by Gasteiger charge is -2.19. The van der Waals surface area contributed by atoms with Gasteiger partial charge in [0.15, 0.2) is 0 Å². The zero-order valence-electron chi connectivity index (χ0n) is 25.1. The highest BCUT2D eigenvalue weighted by atomic mass is 35.5. The molecule has 0 aliphatic rings. The minimum absolute atomic E-state index is 0.159. The molecular formula is C28H31ClN2O13S4. The van der Waals surface area contributed by atoms with Gasteiger partial charge < -0.3 is 9.64 Å². The topological polar surface area (TPSA) is 243 Å². The van der Waals surface area contributed by atoms with Crippen LogP contribution >= 0.6 is 11.6 Å². The Labute approximate surface area is 283 Å². The standard InChI is InChI=1S/C16H19ClN2O.2C6H6O6S2/c1-19(2)11-12-20-16(15-5-3-4-10-18-15)13-6-8-14(17)9-7-13;2*7-13(8,9)5-3-1-2-4-6(5)14(10,11)12/h3-10,16H,11-12H2,1-2H3;2*1-4H,(H,7,8,9)(H,10,11,12). The summed E-state index contributed by atoms with van der Waals surface area (Å²) in [6.07, 6.45) is 1.63. The molecule has 262 valence electrons. The summed E-state index contributed by atoms with van der Waals surface area (Å²) in [5, 5.41) is 0.724. The molecule has 0 saturated carbocycles. The lowest BCUT2D eigenvalue weighted by atomic mass is 10.1. The fourth-order valence-electron chi connectivity index (χ4n) is 3.63. The van der Waals surface area contributed by atoms with Gasteiger partial charge in [0.2, 0.25) is 0 Å². The van der Waals surface area contributed by atoms with E-state index < -0.39 is 60.1 Å². The van der Waals surface area contributed by atoms with Crippen LogP contribution in [0.5, 0.6) is 0 Å². The quantitative estimate of drug-likeness (QED) is 0.168. The Morgan fingerprint density at radius 2 is 1.00 bits per heavy atom. The normalized spacial score (nSPS) is 12.7. The number of halogens is 1. The van der Waals surface area contributed by atoms with Crippen LogP contribution in [0.1, 0.15) is 17.4 Å². The second-order valence-electron chi connectivity index (χ2n) is 9.65. The summed E-state index contributed by atoms with van der Waals surface area (Å²) in [6.45, 7) is 1.52. The maximum Gasteiger partial charge on any atom is 0.295 e. The third-order valence-electron chi connectivity index (χ3n) is 5.76. The van der Waals surface area contributed by atoms with Crippen molar-refractivity contribution >= 4 is 52.1 Å². The number of likely N-dealkylation sites (N-methyl/N-ethyl adjacent to an activating group) is 1. The monoisotopic (exact) mass is 766 g/mol. The van der Waals surface area contributed by atoms with Gasteiger partial charge in [-0.05, 0) is 68.2 Å². The molecule has 0 spiro atoms. The Morgan fingerprint density at radius 3 is 1.31 bits per heavy atom. The van der Waals surface area contributed by atoms with Crippen LogP contribution in [0.2, 0.25) is 5.02 Å². The third-order valence-corrected chi connectivity index (χ3v) is 9.92. The predicted molar refractivity (Wildman–Crippen MR) is 174 cm³/mol. The molecule has 1 atom stereocenters. The number of aromatic nitrogens is 1. The van der Waals surface area contributed by atoms with E-state index in [0.717, 1.165) is 47.1 Å². The third kappa shape index (κ3) is 13.3. The smallest absolute Gasteiger partial charge is 0.295 e. The zero-order valence-corrected chi connectivity index (χ0v) is 29.1. The molecule has 0 bridgehead atoms. The first-order valence-electron chi connectivity index (χ1n) is 13.1. The summed E-state index contributed by atoms with van der Waals surface area (Å²) in [4.78, 5) is 3.12. The van der Waals surface area contributed by atoms with E-state index in [1.54, 1.807) is 6.20 Å². The Bertz CT molecular complexity index is 1890. The van der Waals surface area contributed by atoms with E-state index in [1.165, 1.54) is 24.3 Å². The Morgan fingerprint density at radius 1 is 0.625 bits per heavy atom. The van der Waals surface area contributed by atoms with Gasteiger partial charge in [0.25, 0.3) is 40.5 Å². The van der Waals surface area contributed by atoms with E-state index >= 15 is 0 Å². The maximum absolute atomic E-state index is 10.7. The number of ether oxygens (including phenoxy) is 1. The van der Waals surface area contributed by atoms with E-state index in [0.29, 0.717) is 6.61 Å². The molecule has 4 N–H and O–H groups in total. The summed E-state index contributed by atoms with van der Waals surface area (Å²) >= 11 is 5.95. The molecule has 20 heteroatoms. The van der Waals surface area contributed by atoms with Crippen molar-refractivity contribution in [3.8, 4) is 0 Å². The van der Waals surface area contributed by atoms with Gasteiger partial charge in [0.05, 0.1) is 12.3 Å². The number of pyridine rings is 1. The van der Waals surface area contributed by atoms with Crippen molar-refractivity contribution in [2.75, 3.05) is 27.2 Å². The molecule has 0 aliphatic heterocycles. The predicted octanol–water partition coefficient (Wildman–Crippen LogP) is 3.76. The van der Waals surface area contributed by atoms with Crippen molar-refractivity contribution in [3.63, 3.8) is 0 Å². The molecule has 1 heterocycles. The molecule has 3 aromatic carbocycles. The van der Waals surface area contributed by atoms with E-state index in [2.05, 4.69) is 9.88 Å². The average molecular weight is 767 g/mol. The molecule has 48 heavy (non-hydrogen) atoms. The summed E-state index contributed by atoms with van der Waals surface area (Å²) in [5.41, 5.74) is 1.97. The van der Waals surface area contributed by atoms with Gasteiger partial charge in [-0.3, -0.25) is 23.2 Å². The number of rotatable bonds is 10. The van der Waals surface area contributed by atoms with Crippen molar-refractivity contribution < 1.29 is 56.6 Å². The highest BCUT2D eigenvalue weighted by Gasteiger charge is 2.23. The fourth-order valence-corrected chi connectivity index (χ4v) is 7.31. The fraction of sp³-hybridized carbons (Fsp3) is 0.179. The average Bonchev–Trinajstić information content (AvgIpc) is 2.99. The Kier molecular flexibility index (Phi) is 14.8. The molecule has 0 saturated heterocycles. The Balaban J connectivity index is 0.000000257. The van der Waals surface area contributed by atoms with Gasteiger partial charge in [0, 0.05) is 17.8 Å². The van der Waals surface area contributed by atoms with Crippen LogP contribution in [0.25, 0.3) is 0 Å². The first kappa shape index (κ1) is 40.8. The largest absolute Gasteiger partial charge is 0.366 e. The molecule has 15 nitrogen and oxygen atoms in total. The second-order valence-corrected chi connectivity index (χ2v) is 15.7. The summed E-state index contributed by atoms with van der Waals surface area (Å²) in [5.74, 6) is 0. The van der Waals surface area contributed by atoms with Crippen molar-refractivity contribution in [2.45, 2.75) is 25.7 Å². The van der Waals surface area contributed by atoms with E-state index in [-0.39, 0.29) is 6.10 Å². The van der Waals surface area contributed by atoms with Gasteiger partial charge in [-0.15, -0.1) is 0 Å². The molecule has 0 amide bonds. The minimum atomic E-state index is -4.66. The highest BCUT2D eigenvalue weighted by Crippen LogP contribution is 2.26.